The van der Waals surface area contributed by atoms with E-state index >= 15 is 0 Å². The van der Waals surface area contributed by atoms with Gasteiger partial charge in [-0.2, -0.15) is 13.2 Å². The minimum absolute atomic E-state index is 0.0172. The summed E-state index contributed by atoms with van der Waals surface area (Å²) in [6.45, 7) is 0.621. The monoisotopic (exact) mass is 341 g/mol. The van der Waals surface area contributed by atoms with Crippen LogP contribution in [-0.2, 0) is 11.0 Å². The third kappa shape index (κ3) is 3.14. The molecule has 3 rings (SSSR count). The quantitative estimate of drug-likeness (QED) is 0.777. The van der Waals surface area contributed by atoms with E-state index in [1.165, 1.54) is 12.1 Å². The molecule has 2 aromatic rings. The summed E-state index contributed by atoms with van der Waals surface area (Å²) in [5, 5.41) is -0.458. The number of benzene rings is 1. The van der Waals surface area contributed by atoms with Crippen molar-refractivity contribution in [1.82, 2.24) is 9.97 Å². The summed E-state index contributed by atoms with van der Waals surface area (Å²) in [6, 6.07) is 6.27. The Morgan fingerprint density at radius 2 is 1.87 bits per heavy atom. The molecule has 0 N–H and O–H groups in total. The van der Waals surface area contributed by atoms with Gasteiger partial charge >= 0.3 is 6.18 Å². The van der Waals surface area contributed by atoms with Gasteiger partial charge in [-0.25, -0.2) is 9.97 Å². The molecule has 0 spiro atoms. The fraction of sp³-hybridized carbons (Fsp3) is 0.267. The van der Waals surface area contributed by atoms with Gasteiger partial charge in [-0.1, -0.05) is 12.1 Å². The third-order valence-corrected chi connectivity index (χ3v) is 3.77. The van der Waals surface area contributed by atoms with Crippen LogP contribution in [0.5, 0.6) is 0 Å². The fourth-order valence-corrected chi connectivity index (χ4v) is 2.66. The number of hydrogen-bond donors (Lipinski definition) is 0. The third-order valence-electron chi connectivity index (χ3n) is 3.59. The van der Waals surface area contributed by atoms with Gasteiger partial charge in [-0.3, -0.25) is 4.79 Å². The first-order valence-corrected chi connectivity index (χ1v) is 7.24. The lowest BCUT2D eigenvalue weighted by Gasteiger charge is -2.16. The maximum Gasteiger partial charge on any atom is 0.434 e. The summed E-state index contributed by atoms with van der Waals surface area (Å²) in [4.78, 5) is 20.2. The minimum Gasteiger partial charge on any atom is -0.312 e. The van der Waals surface area contributed by atoms with E-state index in [1.807, 2.05) is 0 Å². The normalized spacial score (nSPS) is 15.3. The van der Waals surface area contributed by atoms with Crippen LogP contribution in [-0.4, -0.2) is 22.4 Å². The lowest BCUT2D eigenvalue weighted by atomic mass is 10.0. The van der Waals surface area contributed by atoms with Crippen LogP contribution in [0.15, 0.2) is 30.5 Å². The number of rotatable bonds is 2. The number of hydrogen-bond acceptors (Lipinski definition) is 3. The number of carbonyl (C=O) groups excluding carboxylic acids is 1. The lowest BCUT2D eigenvalue weighted by molar-refractivity contribution is -0.140. The predicted molar refractivity (Wildman–Crippen MR) is 79.1 cm³/mol. The largest absolute Gasteiger partial charge is 0.434 e. The SMILES string of the molecule is O=C1CCCN1c1ccc(-c2cnc(Cl)nc2C(F)(F)F)cc1. The zero-order chi connectivity index (χ0) is 16.6. The maximum absolute atomic E-state index is 13.1. The molecule has 1 fully saturated rings. The van der Waals surface area contributed by atoms with E-state index in [9.17, 15) is 18.0 Å². The number of halogens is 4. The molecular weight excluding hydrogens is 331 g/mol. The van der Waals surface area contributed by atoms with Crippen LogP contribution in [0.4, 0.5) is 18.9 Å². The summed E-state index contributed by atoms with van der Waals surface area (Å²) in [5.74, 6) is 0.0172. The van der Waals surface area contributed by atoms with Crippen LogP contribution >= 0.6 is 11.6 Å². The molecule has 1 aromatic heterocycles. The molecule has 0 atom stereocenters. The summed E-state index contributed by atoms with van der Waals surface area (Å²) in [7, 11) is 0. The molecule has 0 bridgehead atoms. The Bertz CT molecular complexity index is 747. The molecule has 1 saturated heterocycles. The summed E-state index contributed by atoms with van der Waals surface area (Å²) >= 11 is 5.47. The van der Waals surface area contributed by atoms with Crippen molar-refractivity contribution in [2.75, 3.05) is 11.4 Å². The number of amides is 1. The van der Waals surface area contributed by atoms with Crippen LogP contribution in [0, 0.1) is 0 Å². The van der Waals surface area contributed by atoms with Crippen molar-refractivity contribution in [3.63, 3.8) is 0 Å². The van der Waals surface area contributed by atoms with E-state index < -0.39 is 17.2 Å². The van der Waals surface area contributed by atoms with Crippen molar-refractivity contribution in [3.05, 3.63) is 41.4 Å². The zero-order valence-electron chi connectivity index (χ0n) is 11.8. The van der Waals surface area contributed by atoms with E-state index in [2.05, 4.69) is 9.97 Å². The number of nitrogens with zero attached hydrogens (tertiary/aromatic N) is 3. The van der Waals surface area contributed by atoms with Crippen molar-refractivity contribution < 1.29 is 18.0 Å². The first kappa shape index (κ1) is 15.7. The Hall–Kier alpha value is -2.15. The average Bonchev–Trinajstić information content (AvgIpc) is 2.93. The van der Waals surface area contributed by atoms with Gasteiger partial charge in [-0.05, 0) is 35.7 Å². The van der Waals surface area contributed by atoms with Crippen molar-refractivity contribution in [2.24, 2.45) is 0 Å². The summed E-state index contributed by atoms with van der Waals surface area (Å²) in [6.07, 6.45) is -2.31. The van der Waals surface area contributed by atoms with Gasteiger partial charge in [-0.15, -0.1) is 0 Å². The first-order chi connectivity index (χ1) is 10.9. The molecule has 1 amide bonds. The minimum atomic E-state index is -4.63. The van der Waals surface area contributed by atoms with Crippen molar-refractivity contribution in [3.8, 4) is 11.1 Å². The molecular formula is C15H11ClF3N3O. The molecule has 1 aliphatic rings. The smallest absolute Gasteiger partial charge is 0.312 e. The molecule has 8 heteroatoms. The number of carbonyl (C=O) groups is 1. The summed E-state index contributed by atoms with van der Waals surface area (Å²) in [5.41, 5.74) is -0.257. The number of anilines is 1. The van der Waals surface area contributed by atoms with Gasteiger partial charge in [0.15, 0.2) is 5.69 Å². The van der Waals surface area contributed by atoms with Gasteiger partial charge in [0, 0.05) is 30.4 Å². The van der Waals surface area contributed by atoms with E-state index in [4.69, 9.17) is 11.6 Å². The molecule has 0 aliphatic carbocycles. The molecule has 1 aromatic carbocycles. The van der Waals surface area contributed by atoms with Crippen molar-refractivity contribution in [1.29, 1.82) is 0 Å². The first-order valence-electron chi connectivity index (χ1n) is 6.87. The van der Waals surface area contributed by atoms with E-state index in [-0.39, 0.29) is 11.5 Å². The fourth-order valence-electron chi connectivity index (χ4n) is 2.53. The van der Waals surface area contributed by atoms with Crippen LogP contribution in [0.1, 0.15) is 18.5 Å². The van der Waals surface area contributed by atoms with Crippen molar-refractivity contribution in [2.45, 2.75) is 19.0 Å². The van der Waals surface area contributed by atoms with Crippen LogP contribution < -0.4 is 4.90 Å². The highest BCUT2D eigenvalue weighted by Gasteiger charge is 2.36. The highest BCUT2D eigenvalue weighted by Crippen LogP contribution is 2.36. The number of alkyl halides is 3. The lowest BCUT2D eigenvalue weighted by Crippen LogP contribution is -2.23. The molecule has 0 radical (unpaired) electrons. The Morgan fingerprint density at radius 1 is 1.17 bits per heavy atom. The molecule has 120 valence electrons. The topological polar surface area (TPSA) is 46.1 Å². The number of aromatic nitrogens is 2. The molecule has 0 unspecified atom stereocenters. The maximum atomic E-state index is 13.1. The Kier molecular flexibility index (Phi) is 3.97. The Morgan fingerprint density at radius 3 is 2.43 bits per heavy atom. The van der Waals surface area contributed by atoms with E-state index in [1.54, 1.807) is 17.0 Å². The van der Waals surface area contributed by atoms with Crippen LogP contribution in [0.2, 0.25) is 5.28 Å². The molecule has 4 nitrogen and oxygen atoms in total. The molecule has 0 saturated carbocycles. The molecule has 2 heterocycles. The van der Waals surface area contributed by atoms with E-state index in [0.29, 0.717) is 24.2 Å². The second-order valence-electron chi connectivity index (χ2n) is 5.09. The molecule has 1 aliphatic heterocycles. The standard InChI is InChI=1S/C15H11ClF3N3O/c16-14-20-8-11(13(21-14)15(17,18)19)9-3-5-10(6-4-9)22-7-1-2-12(22)23/h3-6,8H,1-2,7H2. The van der Waals surface area contributed by atoms with Crippen LogP contribution in [0.3, 0.4) is 0 Å². The average molecular weight is 342 g/mol. The van der Waals surface area contributed by atoms with Crippen molar-refractivity contribution >= 4 is 23.2 Å². The van der Waals surface area contributed by atoms with Gasteiger partial charge < -0.3 is 4.90 Å². The highest BCUT2D eigenvalue weighted by atomic mass is 35.5. The highest BCUT2D eigenvalue weighted by molar-refractivity contribution is 6.28. The molecule has 23 heavy (non-hydrogen) atoms. The Balaban J connectivity index is 1.98. The predicted octanol–water partition coefficient (Wildman–Crippen LogP) is 3.94. The second-order valence-corrected chi connectivity index (χ2v) is 5.43. The van der Waals surface area contributed by atoms with Gasteiger partial charge in [0.05, 0.1) is 0 Å². The van der Waals surface area contributed by atoms with Gasteiger partial charge in [0.1, 0.15) is 0 Å². The second kappa shape index (κ2) is 5.81. The van der Waals surface area contributed by atoms with Crippen LogP contribution in [0.25, 0.3) is 11.1 Å². The van der Waals surface area contributed by atoms with E-state index in [0.717, 1.165) is 12.6 Å². The Labute approximate surface area is 134 Å². The van der Waals surface area contributed by atoms with Gasteiger partial charge in [0.25, 0.3) is 0 Å². The zero-order valence-corrected chi connectivity index (χ0v) is 12.5. The summed E-state index contributed by atoms with van der Waals surface area (Å²) < 4.78 is 39.3. The van der Waals surface area contributed by atoms with Gasteiger partial charge in [0.2, 0.25) is 11.2 Å².